The number of hydrogen-bond acceptors (Lipinski definition) is 3. The Balaban J connectivity index is -0.0000000982. The van der Waals surface area contributed by atoms with Gasteiger partial charge in [0.05, 0.1) is 0 Å². The molecule has 0 heterocycles. The summed E-state index contributed by atoms with van der Waals surface area (Å²) in [7, 11) is 0. The molecule has 5 aromatic rings. The fraction of sp³-hybridized carbons (Fsp3) is 0.533. The standard InChI is InChI=1S/2C11H16.2C9H10O.C8H8O.C6H14.C5H12.C4H10.5C2H6.C2H4/c2*1-4-11(2,3)10-8-6-5-7-9-10;2*1-2-9(10)8-6-4-3-5-7-8;1-7(9)8-5-3-2-4-6-8;1-3-5-6-4-2;1-3-5-4-2;1-3-4-2;6*1-2/h2*5-9H,4H2,1-3H3;2*3-7H,2H2,1H3;2-6H,1H3;3-6H2,1-2H3;3-5H2,1-2H3;3-4H2,1-2H3;5*1-2H3;1-2H2. The number of Topliss-reactive ketones (excluding diaryl/α,β-unsaturated/α-hetero) is 3. The molecule has 0 aliphatic carbocycles. The molecule has 0 saturated carbocycles. The highest BCUT2D eigenvalue weighted by Crippen LogP contribution is 2.26. The van der Waals surface area contributed by atoms with Crippen molar-refractivity contribution in [2.75, 3.05) is 0 Å². The van der Waals surface area contributed by atoms with Gasteiger partial charge in [0, 0.05) is 29.5 Å². The van der Waals surface area contributed by atoms with Crippen LogP contribution in [0.4, 0.5) is 0 Å². The van der Waals surface area contributed by atoms with Gasteiger partial charge >= 0.3 is 0 Å². The Morgan fingerprint density at radius 3 is 0.667 bits per heavy atom. The first-order valence-corrected chi connectivity index (χ1v) is 30.9. The average Bonchev–Trinajstić information content (AvgIpc) is 3.53. The highest BCUT2D eigenvalue weighted by molar-refractivity contribution is 5.96. The number of ketones is 3. The molecule has 3 nitrogen and oxygen atoms in total. The Labute approximate surface area is 489 Å². The molecule has 0 spiro atoms. The molecule has 0 aliphatic heterocycles. The van der Waals surface area contributed by atoms with Crippen LogP contribution in [-0.2, 0) is 10.8 Å². The van der Waals surface area contributed by atoms with Crippen LogP contribution in [0, 0.1) is 0 Å². The van der Waals surface area contributed by atoms with Crippen LogP contribution in [-0.4, -0.2) is 17.3 Å². The molecule has 3 heteroatoms. The van der Waals surface area contributed by atoms with Gasteiger partial charge in [0.2, 0.25) is 0 Å². The third-order valence-corrected chi connectivity index (χ3v) is 11.1. The van der Waals surface area contributed by atoms with Gasteiger partial charge in [0.25, 0.3) is 0 Å². The van der Waals surface area contributed by atoms with E-state index in [4.69, 9.17) is 0 Å². The zero-order chi connectivity index (χ0) is 62.5. The number of carbonyl (C=O) groups is 3. The van der Waals surface area contributed by atoms with E-state index in [0.717, 1.165) is 16.7 Å². The van der Waals surface area contributed by atoms with Crippen LogP contribution < -0.4 is 0 Å². The van der Waals surface area contributed by atoms with Crippen molar-refractivity contribution in [2.24, 2.45) is 0 Å². The van der Waals surface area contributed by atoms with Crippen LogP contribution in [0.25, 0.3) is 0 Å². The second kappa shape index (κ2) is 76.1. The first-order valence-electron chi connectivity index (χ1n) is 30.9. The van der Waals surface area contributed by atoms with Crippen molar-refractivity contribution in [1.29, 1.82) is 0 Å². The van der Waals surface area contributed by atoms with Crippen molar-refractivity contribution >= 4 is 17.3 Å². The minimum Gasteiger partial charge on any atom is -0.295 e. The Bertz CT molecular complexity index is 1700. The normalized spacial score (nSPS) is 8.73. The van der Waals surface area contributed by atoms with E-state index >= 15 is 0 Å². The minimum absolute atomic E-state index is 0.121. The van der Waals surface area contributed by atoms with Crippen molar-refractivity contribution in [2.45, 2.75) is 267 Å². The Morgan fingerprint density at radius 2 is 0.526 bits per heavy atom. The molecule has 0 atom stereocenters. The number of rotatable bonds is 15. The lowest BCUT2D eigenvalue weighted by molar-refractivity contribution is 0.0980. The third kappa shape index (κ3) is 61.7. The van der Waals surface area contributed by atoms with Crippen molar-refractivity contribution in [3.05, 3.63) is 193 Å². The van der Waals surface area contributed by atoms with E-state index < -0.39 is 0 Å². The number of benzene rings is 5. The summed E-state index contributed by atoms with van der Waals surface area (Å²) in [5.41, 5.74) is 5.93. The van der Waals surface area contributed by atoms with Gasteiger partial charge in [0.1, 0.15) is 0 Å². The maximum absolute atomic E-state index is 11.0. The quantitative estimate of drug-likeness (QED) is 0.0596. The molecule has 448 valence electrons. The molecule has 5 rings (SSSR count). The van der Waals surface area contributed by atoms with Crippen molar-refractivity contribution in [1.82, 2.24) is 0 Å². The summed E-state index contributed by atoms with van der Waals surface area (Å²) in [6.45, 7) is 58.1. The maximum atomic E-state index is 11.0. The summed E-state index contributed by atoms with van der Waals surface area (Å²) in [4.78, 5) is 32.7. The third-order valence-electron chi connectivity index (χ3n) is 11.1. The van der Waals surface area contributed by atoms with Crippen LogP contribution in [0.2, 0.25) is 0 Å². The molecular weight excluding hydrogens is 949 g/mol. The van der Waals surface area contributed by atoms with Crippen LogP contribution in [0.3, 0.4) is 0 Å². The predicted octanol–water partition coefficient (Wildman–Crippen LogP) is 25.7. The highest BCUT2D eigenvalue weighted by Gasteiger charge is 2.17. The molecule has 0 amide bonds. The predicted molar refractivity (Wildman–Crippen MR) is 362 cm³/mol. The van der Waals surface area contributed by atoms with Gasteiger partial charge in [-0.25, -0.2) is 0 Å². The summed E-state index contributed by atoms with van der Waals surface area (Å²) in [6.07, 6.45) is 15.8. The van der Waals surface area contributed by atoms with Crippen molar-refractivity contribution in [3.63, 3.8) is 0 Å². The second-order valence-corrected chi connectivity index (χ2v) is 17.5. The van der Waals surface area contributed by atoms with Gasteiger partial charge in [-0.05, 0) is 41.7 Å². The first-order chi connectivity index (χ1) is 37.6. The van der Waals surface area contributed by atoms with E-state index in [1.54, 1.807) is 6.92 Å². The molecule has 5 aromatic carbocycles. The van der Waals surface area contributed by atoms with Gasteiger partial charge in [-0.15, -0.1) is 13.2 Å². The van der Waals surface area contributed by atoms with Crippen LogP contribution in [0.5, 0.6) is 0 Å². The number of carbonyl (C=O) groups excluding carboxylic acids is 3. The highest BCUT2D eigenvalue weighted by atomic mass is 16.1. The largest absolute Gasteiger partial charge is 0.295 e. The Hall–Kier alpha value is -5.15. The van der Waals surface area contributed by atoms with Crippen LogP contribution in [0.1, 0.15) is 299 Å². The van der Waals surface area contributed by atoms with Gasteiger partial charge in [-0.2, -0.15) is 0 Å². The molecule has 0 aromatic heterocycles. The monoisotopic (exact) mass is 1080 g/mol. The van der Waals surface area contributed by atoms with E-state index in [-0.39, 0.29) is 17.3 Å². The Kier molecular flexibility index (Phi) is 90.0. The fourth-order valence-electron chi connectivity index (χ4n) is 5.37. The molecule has 0 aliphatic rings. The molecule has 78 heavy (non-hydrogen) atoms. The minimum atomic E-state index is 0.121. The molecule has 0 radical (unpaired) electrons. The molecule has 0 unspecified atom stereocenters. The summed E-state index contributed by atoms with van der Waals surface area (Å²) < 4.78 is 0. The van der Waals surface area contributed by atoms with Gasteiger partial charge < -0.3 is 0 Å². The summed E-state index contributed by atoms with van der Waals surface area (Å²) >= 11 is 0. The fourth-order valence-corrected chi connectivity index (χ4v) is 5.37. The SMILES string of the molecule is C=C.CC.CC.CC.CC.CC.CC(=O)c1ccccc1.CCC(=O)c1ccccc1.CCC(=O)c1ccccc1.CCC(C)(C)c1ccccc1.CCC(C)(C)c1ccccc1.CCCC.CCCCC.CCCCCC. The van der Waals surface area contributed by atoms with Gasteiger partial charge in [-0.3, -0.25) is 14.4 Å². The molecule has 0 saturated heterocycles. The van der Waals surface area contributed by atoms with Gasteiger partial charge in [-0.1, -0.05) is 376 Å². The van der Waals surface area contributed by atoms with Crippen molar-refractivity contribution < 1.29 is 14.4 Å². The van der Waals surface area contributed by atoms with Crippen molar-refractivity contribution in [3.8, 4) is 0 Å². The lowest BCUT2D eigenvalue weighted by Gasteiger charge is -2.22. The lowest BCUT2D eigenvalue weighted by atomic mass is 9.82. The molecular formula is C75H130O3. The smallest absolute Gasteiger partial charge is 0.162 e. The first kappa shape index (κ1) is 92.2. The lowest BCUT2D eigenvalue weighted by Crippen LogP contribution is -2.14. The molecule has 0 N–H and O–H groups in total. The average molecular weight is 1080 g/mol. The summed E-state index contributed by atoms with van der Waals surface area (Å²) in [6, 6.07) is 49.2. The van der Waals surface area contributed by atoms with E-state index in [1.165, 1.54) is 81.8 Å². The number of unbranched alkanes of at least 4 members (excludes halogenated alkanes) is 6. The van der Waals surface area contributed by atoms with Gasteiger partial charge in [0.15, 0.2) is 17.3 Å². The second-order valence-electron chi connectivity index (χ2n) is 17.5. The Morgan fingerprint density at radius 1 is 0.321 bits per heavy atom. The number of hydrogen-bond donors (Lipinski definition) is 0. The van der Waals surface area contributed by atoms with E-state index in [1.807, 2.05) is 174 Å². The summed E-state index contributed by atoms with van der Waals surface area (Å²) in [5.74, 6) is 0.539. The topological polar surface area (TPSA) is 51.2 Å². The zero-order valence-corrected chi connectivity index (χ0v) is 56.3. The van der Waals surface area contributed by atoms with E-state index in [2.05, 4.69) is 157 Å². The summed E-state index contributed by atoms with van der Waals surface area (Å²) in [5, 5.41) is 0. The zero-order valence-electron chi connectivity index (χ0n) is 56.3. The maximum Gasteiger partial charge on any atom is 0.162 e. The molecule has 0 bridgehead atoms. The van der Waals surface area contributed by atoms with E-state index in [9.17, 15) is 14.4 Å². The van der Waals surface area contributed by atoms with Crippen LogP contribution >= 0.6 is 0 Å². The van der Waals surface area contributed by atoms with E-state index in [0.29, 0.717) is 23.7 Å². The molecule has 0 fully saturated rings. The van der Waals surface area contributed by atoms with Crippen LogP contribution in [0.15, 0.2) is 165 Å².